The average molecular weight is 490 g/mol. The summed E-state index contributed by atoms with van der Waals surface area (Å²) in [5, 5.41) is 9.03. The van der Waals surface area contributed by atoms with Crippen LogP contribution in [0.1, 0.15) is 30.7 Å². The Kier molecular flexibility index (Phi) is 8.30. The molecule has 1 heterocycles. The Bertz CT molecular complexity index is 1310. The molecule has 35 heavy (non-hydrogen) atoms. The lowest BCUT2D eigenvalue weighted by molar-refractivity contribution is -0.142. The number of thiazole rings is 1. The van der Waals surface area contributed by atoms with Crippen molar-refractivity contribution in [2.75, 3.05) is 18.6 Å². The summed E-state index contributed by atoms with van der Waals surface area (Å²) >= 11 is 1.38. The van der Waals surface area contributed by atoms with Crippen LogP contribution in [0.2, 0.25) is 0 Å². The van der Waals surface area contributed by atoms with Crippen LogP contribution in [0.3, 0.4) is 0 Å². The summed E-state index contributed by atoms with van der Waals surface area (Å²) in [6, 6.07) is 20.2. The van der Waals surface area contributed by atoms with Crippen LogP contribution < -0.4 is 14.9 Å². The maximum absolute atomic E-state index is 11.6. The first-order valence-corrected chi connectivity index (χ1v) is 12.3. The van der Waals surface area contributed by atoms with E-state index in [0.29, 0.717) is 42.1 Å². The molecule has 180 valence electrons. The first-order valence-electron chi connectivity index (χ1n) is 11.4. The van der Waals surface area contributed by atoms with Crippen molar-refractivity contribution >= 4 is 39.4 Å². The van der Waals surface area contributed by atoms with Crippen molar-refractivity contribution in [3.8, 4) is 11.5 Å². The van der Waals surface area contributed by atoms with E-state index in [2.05, 4.69) is 39.8 Å². The monoisotopic (exact) mass is 489 g/mol. The first-order chi connectivity index (χ1) is 17.2. The van der Waals surface area contributed by atoms with Crippen LogP contribution in [-0.4, -0.2) is 30.4 Å². The molecule has 0 amide bonds. The molecule has 1 N–H and O–H groups in total. The molecule has 0 atom stereocenters. The Morgan fingerprint density at radius 3 is 2.74 bits per heavy atom. The molecule has 4 aromatic rings. The summed E-state index contributed by atoms with van der Waals surface area (Å²) in [6.45, 7) is 5.03. The summed E-state index contributed by atoms with van der Waals surface area (Å²) in [4.78, 5) is 15.9. The maximum atomic E-state index is 11.6. The van der Waals surface area contributed by atoms with Crippen LogP contribution >= 0.6 is 11.3 Å². The van der Waals surface area contributed by atoms with Gasteiger partial charge in [0, 0.05) is 5.38 Å². The minimum Gasteiger partial charge on any atom is -0.490 e. The van der Waals surface area contributed by atoms with E-state index in [-0.39, 0.29) is 12.4 Å². The quantitative estimate of drug-likeness (QED) is 0.162. The lowest BCUT2D eigenvalue weighted by Gasteiger charge is -2.13. The number of hydrogen-bond donors (Lipinski definition) is 1. The van der Waals surface area contributed by atoms with Gasteiger partial charge in [-0.15, -0.1) is 11.3 Å². The van der Waals surface area contributed by atoms with Gasteiger partial charge in [0.2, 0.25) is 5.13 Å². The van der Waals surface area contributed by atoms with Crippen LogP contribution in [0, 0.1) is 0 Å². The van der Waals surface area contributed by atoms with Crippen LogP contribution in [0.15, 0.2) is 71.1 Å². The van der Waals surface area contributed by atoms with Crippen molar-refractivity contribution in [2.45, 2.75) is 26.9 Å². The molecular formula is C27H27N3O4S. The standard InChI is InChI=1S/C27H27N3O4S/c1-3-32-25-14-19(16-28-30-27-29-22(18-35-27)15-26(31)33-4-2)12-13-24(25)34-17-21-10-7-9-20-8-5-6-11-23(20)21/h5-14,16,18H,3-4,15,17H2,1-2H3,(H,29,30). The van der Waals surface area contributed by atoms with Crippen LogP contribution in [-0.2, 0) is 22.6 Å². The average Bonchev–Trinajstić information content (AvgIpc) is 3.30. The van der Waals surface area contributed by atoms with E-state index < -0.39 is 0 Å². The van der Waals surface area contributed by atoms with E-state index in [9.17, 15) is 4.79 Å². The third-order valence-electron chi connectivity index (χ3n) is 5.09. The van der Waals surface area contributed by atoms with Gasteiger partial charge in [0.15, 0.2) is 11.5 Å². The molecule has 0 aliphatic rings. The maximum Gasteiger partial charge on any atom is 0.311 e. The van der Waals surface area contributed by atoms with E-state index in [0.717, 1.165) is 11.1 Å². The molecule has 0 unspecified atom stereocenters. The second kappa shape index (κ2) is 12.0. The van der Waals surface area contributed by atoms with E-state index in [4.69, 9.17) is 14.2 Å². The summed E-state index contributed by atoms with van der Waals surface area (Å²) in [6.07, 6.45) is 1.83. The minimum atomic E-state index is -0.293. The second-order valence-electron chi connectivity index (χ2n) is 7.56. The highest BCUT2D eigenvalue weighted by atomic mass is 32.1. The zero-order valence-electron chi connectivity index (χ0n) is 19.7. The smallest absolute Gasteiger partial charge is 0.311 e. The van der Waals surface area contributed by atoms with Crippen molar-refractivity contribution in [1.29, 1.82) is 0 Å². The molecule has 0 radical (unpaired) electrons. The molecular weight excluding hydrogens is 462 g/mol. The van der Waals surface area contributed by atoms with Gasteiger partial charge in [0.1, 0.15) is 6.61 Å². The van der Waals surface area contributed by atoms with E-state index in [1.54, 1.807) is 13.1 Å². The number of carbonyl (C=O) groups is 1. The lowest BCUT2D eigenvalue weighted by atomic mass is 10.1. The van der Waals surface area contributed by atoms with Gasteiger partial charge in [-0.1, -0.05) is 42.5 Å². The highest BCUT2D eigenvalue weighted by molar-refractivity contribution is 7.13. The minimum absolute atomic E-state index is 0.147. The molecule has 7 nitrogen and oxygen atoms in total. The molecule has 0 bridgehead atoms. The Balaban J connectivity index is 1.40. The number of esters is 1. The van der Waals surface area contributed by atoms with Gasteiger partial charge in [-0.05, 0) is 53.9 Å². The van der Waals surface area contributed by atoms with Crippen LogP contribution in [0.5, 0.6) is 11.5 Å². The fourth-order valence-electron chi connectivity index (χ4n) is 3.53. The van der Waals surface area contributed by atoms with Crippen molar-refractivity contribution in [3.63, 3.8) is 0 Å². The predicted octanol–water partition coefficient (Wildman–Crippen LogP) is 5.83. The van der Waals surface area contributed by atoms with Gasteiger partial charge in [-0.25, -0.2) is 4.98 Å². The molecule has 0 fully saturated rings. The van der Waals surface area contributed by atoms with E-state index >= 15 is 0 Å². The van der Waals surface area contributed by atoms with Gasteiger partial charge in [0.05, 0.1) is 31.5 Å². The number of anilines is 1. The van der Waals surface area contributed by atoms with Crippen molar-refractivity contribution < 1.29 is 19.0 Å². The number of fused-ring (bicyclic) bond motifs is 1. The summed E-state index contributed by atoms with van der Waals surface area (Å²) in [5.74, 6) is 1.04. The molecule has 1 aromatic heterocycles. The number of rotatable bonds is 11. The molecule has 0 spiro atoms. The molecule has 3 aromatic carbocycles. The highest BCUT2D eigenvalue weighted by Crippen LogP contribution is 2.30. The Morgan fingerprint density at radius 2 is 1.89 bits per heavy atom. The van der Waals surface area contributed by atoms with Crippen molar-refractivity contribution in [3.05, 3.63) is 82.9 Å². The zero-order valence-corrected chi connectivity index (χ0v) is 20.5. The van der Waals surface area contributed by atoms with Gasteiger partial charge in [-0.3, -0.25) is 10.2 Å². The van der Waals surface area contributed by atoms with Gasteiger partial charge in [-0.2, -0.15) is 5.10 Å². The number of carbonyl (C=O) groups excluding carboxylic acids is 1. The predicted molar refractivity (Wildman–Crippen MR) is 140 cm³/mol. The first kappa shape index (κ1) is 24.2. The largest absolute Gasteiger partial charge is 0.490 e. The Labute approximate surface area is 208 Å². The number of benzene rings is 3. The molecule has 0 saturated heterocycles. The molecule has 8 heteroatoms. The van der Waals surface area contributed by atoms with Crippen molar-refractivity contribution in [1.82, 2.24) is 4.98 Å². The second-order valence-corrected chi connectivity index (χ2v) is 8.42. The number of aromatic nitrogens is 1. The normalized spacial score (nSPS) is 11.0. The molecule has 0 aliphatic carbocycles. The number of hydrogen-bond acceptors (Lipinski definition) is 8. The molecule has 0 saturated carbocycles. The van der Waals surface area contributed by atoms with E-state index in [1.807, 2.05) is 48.7 Å². The summed E-state index contributed by atoms with van der Waals surface area (Å²) in [7, 11) is 0. The highest BCUT2D eigenvalue weighted by Gasteiger charge is 2.09. The lowest BCUT2D eigenvalue weighted by Crippen LogP contribution is -2.07. The fraction of sp³-hybridized carbons (Fsp3) is 0.222. The van der Waals surface area contributed by atoms with Crippen molar-refractivity contribution in [2.24, 2.45) is 5.10 Å². The number of ether oxygens (including phenoxy) is 3. The summed E-state index contributed by atoms with van der Waals surface area (Å²) < 4.78 is 16.9. The Morgan fingerprint density at radius 1 is 1.03 bits per heavy atom. The van der Waals surface area contributed by atoms with Crippen LogP contribution in [0.25, 0.3) is 10.8 Å². The number of nitrogens with one attached hydrogen (secondary N) is 1. The zero-order chi connectivity index (χ0) is 24.5. The van der Waals surface area contributed by atoms with Gasteiger partial charge >= 0.3 is 5.97 Å². The molecule has 0 aliphatic heterocycles. The van der Waals surface area contributed by atoms with Gasteiger partial charge < -0.3 is 14.2 Å². The third kappa shape index (κ3) is 6.58. The van der Waals surface area contributed by atoms with Gasteiger partial charge in [0.25, 0.3) is 0 Å². The number of nitrogens with zero attached hydrogens (tertiary/aromatic N) is 2. The fourth-order valence-corrected chi connectivity index (χ4v) is 4.19. The third-order valence-corrected chi connectivity index (χ3v) is 5.88. The topological polar surface area (TPSA) is 82.0 Å². The molecule has 4 rings (SSSR count). The number of hydrazone groups is 1. The van der Waals surface area contributed by atoms with Crippen LogP contribution in [0.4, 0.5) is 5.13 Å². The Hall–Kier alpha value is -3.91. The summed E-state index contributed by atoms with van der Waals surface area (Å²) in [5.41, 5.74) is 5.52. The SMILES string of the molecule is CCOC(=O)Cc1csc(NN=Cc2ccc(OCc3cccc4ccccc34)c(OCC)c2)n1. The van der Waals surface area contributed by atoms with E-state index in [1.165, 1.54) is 22.1 Å².